The first kappa shape index (κ1) is 22.0. The molecule has 1 aliphatic heterocycles. The fourth-order valence-electron chi connectivity index (χ4n) is 3.56. The van der Waals surface area contributed by atoms with E-state index in [9.17, 15) is 13.9 Å². The Morgan fingerprint density at radius 1 is 1.10 bits per heavy atom. The first-order valence-electron chi connectivity index (χ1n) is 10.5. The number of nitrogens with one attached hydrogen (secondary N) is 2. The van der Waals surface area contributed by atoms with Crippen molar-refractivity contribution in [1.29, 1.82) is 0 Å². The topological polar surface area (TPSA) is 59.9 Å². The molecule has 3 N–H and O–H groups in total. The number of nitrogens with zero attached hydrogens (tertiary/aromatic N) is 2. The Labute approximate surface area is 176 Å². The lowest BCUT2D eigenvalue weighted by atomic mass is 9.97. The van der Waals surface area contributed by atoms with Crippen LogP contribution in [0, 0.1) is 17.6 Å². The SMILES string of the molecule is CCNC(=NCc1ccc(N2CCC(CO)CC2)cc1)NCc1cc(F)ccc1F. The number of hydrogen-bond acceptors (Lipinski definition) is 3. The Hall–Kier alpha value is -2.67. The molecule has 1 heterocycles. The second-order valence-corrected chi connectivity index (χ2v) is 7.56. The van der Waals surface area contributed by atoms with Gasteiger partial charge in [0.15, 0.2) is 5.96 Å². The zero-order valence-corrected chi connectivity index (χ0v) is 17.4. The van der Waals surface area contributed by atoms with Crippen molar-refractivity contribution < 1.29 is 13.9 Å². The van der Waals surface area contributed by atoms with E-state index in [1.165, 1.54) is 11.8 Å². The highest BCUT2D eigenvalue weighted by Crippen LogP contribution is 2.23. The summed E-state index contributed by atoms with van der Waals surface area (Å²) in [6, 6.07) is 11.8. The van der Waals surface area contributed by atoms with Gasteiger partial charge in [0.1, 0.15) is 11.6 Å². The van der Waals surface area contributed by atoms with Crippen LogP contribution in [0.3, 0.4) is 0 Å². The van der Waals surface area contributed by atoms with Crippen molar-refractivity contribution >= 4 is 11.6 Å². The lowest BCUT2D eigenvalue weighted by Crippen LogP contribution is -2.37. The predicted molar refractivity (Wildman–Crippen MR) is 116 cm³/mol. The Bertz CT molecular complexity index is 834. The molecular weight excluding hydrogens is 386 g/mol. The molecule has 1 fully saturated rings. The molecule has 0 atom stereocenters. The Morgan fingerprint density at radius 3 is 2.50 bits per heavy atom. The molecule has 1 saturated heterocycles. The van der Waals surface area contributed by atoms with Crippen LogP contribution < -0.4 is 15.5 Å². The first-order valence-corrected chi connectivity index (χ1v) is 10.5. The van der Waals surface area contributed by atoms with Crippen LogP contribution in [0.2, 0.25) is 0 Å². The molecule has 0 radical (unpaired) electrons. The summed E-state index contributed by atoms with van der Waals surface area (Å²) >= 11 is 0. The largest absolute Gasteiger partial charge is 0.396 e. The average molecular weight is 417 g/mol. The summed E-state index contributed by atoms with van der Waals surface area (Å²) in [7, 11) is 0. The minimum Gasteiger partial charge on any atom is -0.396 e. The van der Waals surface area contributed by atoms with Gasteiger partial charge in [-0.15, -0.1) is 0 Å². The molecule has 7 heteroatoms. The van der Waals surface area contributed by atoms with Gasteiger partial charge in [-0.1, -0.05) is 12.1 Å². The number of piperidine rings is 1. The highest BCUT2D eigenvalue weighted by molar-refractivity contribution is 5.79. The molecule has 0 amide bonds. The Kier molecular flexibility index (Phi) is 8.02. The van der Waals surface area contributed by atoms with Gasteiger partial charge >= 0.3 is 0 Å². The van der Waals surface area contributed by atoms with Gasteiger partial charge < -0.3 is 20.6 Å². The third-order valence-corrected chi connectivity index (χ3v) is 5.39. The number of rotatable bonds is 7. The van der Waals surface area contributed by atoms with Crippen LogP contribution in [0.1, 0.15) is 30.9 Å². The quantitative estimate of drug-likeness (QED) is 0.478. The van der Waals surface area contributed by atoms with Crippen LogP contribution in [0.5, 0.6) is 0 Å². The van der Waals surface area contributed by atoms with Crippen molar-refractivity contribution in [2.45, 2.75) is 32.9 Å². The second-order valence-electron chi connectivity index (χ2n) is 7.56. The monoisotopic (exact) mass is 416 g/mol. The molecule has 5 nitrogen and oxygen atoms in total. The van der Waals surface area contributed by atoms with E-state index in [-0.39, 0.29) is 18.7 Å². The molecule has 1 aliphatic rings. The summed E-state index contributed by atoms with van der Waals surface area (Å²) in [6.07, 6.45) is 2.04. The third-order valence-electron chi connectivity index (χ3n) is 5.39. The summed E-state index contributed by atoms with van der Waals surface area (Å²) < 4.78 is 27.1. The van der Waals surface area contributed by atoms with E-state index in [1.54, 1.807) is 0 Å². The molecule has 0 aliphatic carbocycles. The van der Waals surface area contributed by atoms with E-state index in [2.05, 4.69) is 44.8 Å². The zero-order valence-electron chi connectivity index (χ0n) is 17.4. The molecule has 0 saturated carbocycles. The van der Waals surface area contributed by atoms with E-state index in [0.29, 0.717) is 25.0 Å². The zero-order chi connectivity index (χ0) is 21.3. The average Bonchev–Trinajstić information content (AvgIpc) is 2.78. The third kappa shape index (κ3) is 6.16. The standard InChI is InChI=1S/C23H30F2N4O/c1-2-26-23(28-15-19-13-20(24)5-8-22(19)25)27-14-17-3-6-21(7-4-17)29-11-9-18(16-30)10-12-29/h3-8,13,18,30H,2,9-12,14-16H2,1H3,(H2,26,27,28). The molecular formula is C23H30F2N4O. The second kappa shape index (κ2) is 10.9. The highest BCUT2D eigenvalue weighted by Gasteiger charge is 2.18. The van der Waals surface area contributed by atoms with Gasteiger partial charge in [0.25, 0.3) is 0 Å². The molecule has 0 spiro atoms. The van der Waals surface area contributed by atoms with Crippen LogP contribution in [0.25, 0.3) is 0 Å². The maximum atomic E-state index is 13.8. The van der Waals surface area contributed by atoms with Crippen LogP contribution >= 0.6 is 0 Å². The fraction of sp³-hybridized carbons (Fsp3) is 0.435. The van der Waals surface area contributed by atoms with Crippen LogP contribution in [0.4, 0.5) is 14.5 Å². The number of halogens is 2. The lowest BCUT2D eigenvalue weighted by molar-refractivity contribution is 0.203. The molecule has 162 valence electrons. The van der Waals surface area contributed by atoms with Crippen molar-refractivity contribution in [2.24, 2.45) is 10.9 Å². The Balaban J connectivity index is 1.57. The molecule has 3 rings (SSSR count). The predicted octanol–water partition coefficient (Wildman–Crippen LogP) is 3.43. The van der Waals surface area contributed by atoms with Crippen LogP contribution in [-0.2, 0) is 13.1 Å². The van der Waals surface area contributed by atoms with E-state index in [4.69, 9.17) is 0 Å². The van der Waals surface area contributed by atoms with Gasteiger partial charge in [-0.25, -0.2) is 13.8 Å². The maximum Gasteiger partial charge on any atom is 0.191 e. The molecule has 0 unspecified atom stereocenters. The lowest BCUT2D eigenvalue weighted by Gasteiger charge is -2.32. The Morgan fingerprint density at radius 2 is 1.83 bits per heavy atom. The number of benzene rings is 2. The van der Waals surface area contributed by atoms with Crippen molar-refractivity contribution in [3.63, 3.8) is 0 Å². The first-order chi connectivity index (χ1) is 14.6. The van der Waals surface area contributed by atoms with E-state index >= 15 is 0 Å². The summed E-state index contributed by atoms with van der Waals surface area (Å²) in [5.74, 6) is 0.0678. The van der Waals surface area contributed by atoms with Gasteiger partial charge in [-0.05, 0) is 61.6 Å². The van der Waals surface area contributed by atoms with Crippen molar-refractivity contribution in [2.75, 3.05) is 31.1 Å². The van der Waals surface area contributed by atoms with Crippen molar-refractivity contribution in [1.82, 2.24) is 10.6 Å². The number of guanidine groups is 1. The number of aliphatic hydroxyl groups is 1. The molecule has 30 heavy (non-hydrogen) atoms. The summed E-state index contributed by atoms with van der Waals surface area (Å²) in [5.41, 5.74) is 2.51. The van der Waals surface area contributed by atoms with Crippen molar-refractivity contribution in [3.05, 3.63) is 65.2 Å². The van der Waals surface area contributed by atoms with Gasteiger partial charge in [-0.3, -0.25) is 0 Å². The fourth-order valence-corrected chi connectivity index (χ4v) is 3.56. The van der Waals surface area contributed by atoms with Gasteiger partial charge in [-0.2, -0.15) is 0 Å². The number of anilines is 1. The van der Waals surface area contributed by atoms with E-state index in [1.807, 2.05) is 6.92 Å². The number of hydrogen-bond donors (Lipinski definition) is 3. The molecule has 0 bridgehead atoms. The molecule has 2 aromatic rings. The normalized spacial score (nSPS) is 15.3. The van der Waals surface area contributed by atoms with Crippen molar-refractivity contribution in [3.8, 4) is 0 Å². The highest BCUT2D eigenvalue weighted by atomic mass is 19.1. The summed E-state index contributed by atoms with van der Waals surface area (Å²) in [6.45, 7) is 5.46. The van der Waals surface area contributed by atoms with Crippen LogP contribution in [-0.4, -0.2) is 37.3 Å². The molecule has 0 aromatic heterocycles. The minimum absolute atomic E-state index is 0.151. The van der Waals surface area contributed by atoms with E-state index in [0.717, 1.165) is 43.6 Å². The summed E-state index contributed by atoms with van der Waals surface area (Å²) in [5, 5.41) is 15.5. The summed E-state index contributed by atoms with van der Waals surface area (Å²) in [4.78, 5) is 6.90. The van der Waals surface area contributed by atoms with E-state index < -0.39 is 11.6 Å². The maximum absolute atomic E-state index is 13.8. The van der Waals surface area contributed by atoms with Gasteiger partial charge in [0.2, 0.25) is 0 Å². The molecule has 2 aromatic carbocycles. The smallest absolute Gasteiger partial charge is 0.191 e. The number of aliphatic imine (C=N–C) groups is 1. The number of aliphatic hydroxyl groups excluding tert-OH is 1. The van der Waals surface area contributed by atoms with Gasteiger partial charge in [0, 0.05) is 44.0 Å². The van der Waals surface area contributed by atoms with Gasteiger partial charge in [0.05, 0.1) is 6.54 Å². The minimum atomic E-state index is -0.462. The van der Waals surface area contributed by atoms with Crippen LogP contribution in [0.15, 0.2) is 47.5 Å².